The molecule has 3 nitrogen and oxygen atoms in total. The highest BCUT2D eigenvalue weighted by Crippen LogP contribution is 2.36. The summed E-state index contributed by atoms with van der Waals surface area (Å²) in [5, 5.41) is 7.88. The zero-order chi connectivity index (χ0) is 19.3. The zero-order valence-electron chi connectivity index (χ0n) is 13.1. The van der Waals surface area contributed by atoms with E-state index in [2.05, 4.69) is 0 Å². The van der Waals surface area contributed by atoms with Gasteiger partial charge in [0.05, 0.1) is 17.7 Å². The van der Waals surface area contributed by atoms with Gasteiger partial charge in [0.2, 0.25) is 0 Å². The Labute approximate surface area is 147 Å². The van der Waals surface area contributed by atoms with Gasteiger partial charge in [0, 0.05) is 16.1 Å². The molecule has 1 heterocycles. The van der Waals surface area contributed by atoms with Crippen molar-refractivity contribution in [3.8, 4) is 0 Å². The number of aromatic nitrogens is 1. The highest BCUT2D eigenvalue weighted by Gasteiger charge is 2.37. The van der Waals surface area contributed by atoms with Crippen molar-refractivity contribution in [2.75, 3.05) is 0 Å². The molecule has 1 aliphatic rings. The number of carbonyl (C=O) groups excluding carboxylic acids is 1. The fraction of sp³-hybridized carbons (Fsp3) is 0.375. The van der Waals surface area contributed by atoms with Gasteiger partial charge in [-0.3, -0.25) is 10.2 Å². The van der Waals surface area contributed by atoms with Crippen LogP contribution >= 0.6 is 11.3 Å². The standard InChI is InChI=1S/C16H12F6N2OS/c17-15(18,19)9-4-8(5-10(6-9)16(20,21)22)12(25)7-24-11-2-1-3-13(11)26-14(24)23/h4-6,23H,1-3,7H2. The third-order valence-corrected chi connectivity index (χ3v) is 5.24. The third-order valence-electron chi connectivity index (χ3n) is 4.14. The van der Waals surface area contributed by atoms with Crippen LogP contribution in [0.2, 0.25) is 0 Å². The molecule has 0 aliphatic heterocycles. The van der Waals surface area contributed by atoms with Gasteiger partial charge >= 0.3 is 12.4 Å². The summed E-state index contributed by atoms with van der Waals surface area (Å²) in [5.74, 6) is -0.896. The number of rotatable bonds is 3. The molecule has 140 valence electrons. The molecule has 0 amide bonds. The number of nitrogens with one attached hydrogen (secondary N) is 1. The Morgan fingerprint density at radius 1 is 1.04 bits per heavy atom. The molecule has 0 fully saturated rings. The van der Waals surface area contributed by atoms with Crippen molar-refractivity contribution in [2.45, 2.75) is 38.2 Å². The molecule has 1 N–H and O–H groups in total. The van der Waals surface area contributed by atoms with E-state index in [0.717, 1.165) is 23.4 Å². The average molecular weight is 394 g/mol. The summed E-state index contributed by atoms with van der Waals surface area (Å²) in [6.45, 7) is -0.455. The predicted molar refractivity (Wildman–Crippen MR) is 81.0 cm³/mol. The molecule has 1 aliphatic carbocycles. The number of alkyl halides is 6. The first-order valence-corrected chi connectivity index (χ1v) is 8.37. The molecule has 2 aromatic rings. The number of thiazole rings is 1. The van der Waals surface area contributed by atoms with Gasteiger partial charge in [-0.15, -0.1) is 11.3 Å². The predicted octanol–water partition coefficient (Wildman–Crippen LogP) is 4.44. The summed E-state index contributed by atoms with van der Waals surface area (Å²) in [6.07, 6.45) is -7.78. The lowest BCUT2D eigenvalue weighted by Gasteiger charge is -2.14. The van der Waals surface area contributed by atoms with Crippen LogP contribution in [-0.2, 0) is 31.7 Å². The van der Waals surface area contributed by atoms with Crippen LogP contribution in [0.1, 0.15) is 38.5 Å². The smallest absolute Gasteiger partial charge is 0.313 e. The van der Waals surface area contributed by atoms with E-state index in [0.29, 0.717) is 18.6 Å². The zero-order valence-corrected chi connectivity index (χ0v) is 13.9. The molecule has 0 unspecified atom stereocenters. The quantitative estimate of drug-likeness (QED) is 0.607. The van der Waals surface area contributed by atoms with Gasteiger partial charge in [-0.1, -0.05) is 0 Å². The Morgan fingerprint density at radius 3 is 2.15 bits per heavy atom. The molecule has 0 bridgehead atoms. The number of aryl methyl sites for hydroxylation is 1. The van der Waals surface area contributed by atoms with Crippen LogP contribution in [0.15, 0.2) is 18.2 Å². The number of halogens is 6. The molecule has 3 rings (SSSR count). The topological polar surface area (TPSA) is 45.9 Å². The third kappa shape index (κ3) is 3.55. The Morgan fingerprint density at radius 2 is 1.62 bits per heavy atom. The van der Waals surface area contributed by atoms with Gasteiger partial charge in [-0.2, -0.15) is 26.3 Å². The van der Waals surface area contributed by atoms with Crippen molar-refractivity contribution in [3.05, 3.63) is 50.3 Å². The first kappa shape index (κ1) is 18.7. The SMILES string of the molecule is N=c1sc2c(n1CC(=O)c1cc(C(F)(F)F)cc(C(F)(F)F)c1)CCC2. The lowest BCUT2D eigenvalue weighted by molar-refractivity contribution is -0.143. The Balaban J connectivity index is 2.00. The Hall–Kier alpha value is -2.10. The lowest BCUT2D eigenvalue weighted by atomic mass is 10.0. The maximum Gasteiger partial charge on any atom is 0.416 e. The summed E-state index contributed by atoms with van der Waals surface area (Å²) >= 11 is 1.17. The second-order valence-corrected chi connectivity index (χ2v) is 7.02. The monoisotopic (exact) mass is 394 g/mol. The van der Waals surface area contributed by atoms with Crippen LogP contribution in [0.25, 0.3) is 0 Å². The van der Waals surface area contributed by atoms with E-state index in [1.54, 1.807) is 0 Å². The van der Waals surface area contributed by atoms with Gasteiger partial charge in [0.15, 0.2) is 10.6 Å². The first-order chi connectivity index (χ1) is 12.0. The van der Waals surface area contributed by atoms with Crippen LogP contribution in [0, 0.1) is 5.41 Å². The van der Waals surface area contributed by atoms with Crippen LogP contribution in [0.3, 0.4) is 0 Å². The fourth-order valence-corrected chi connectivity index (χ4v) is 4.00. The summed E-state index contributed by atoms with van der Waals surface area (Å²) in [7, 11) is 0. The van der Waals surface area contributed by atoms with E-state index in [4.69, 9.17) is 5.41 Å². The summed E-state index contributed by atoms with van der Waals surface area (Å²) < 4.78 is 78.8. The van der Waals surface area contributed by atoms with E-state index in [9.17, 15) is 31.1 Å². The normalized spacial score (nSPS) is 14.5. The van der Waals surface area contributed by atoms with Crippen molar-refractivity contribution >= 4 is 17.1 Å². The number of Topliss-reactive ketones (excluding diaryl/α,β-unsaturated/α-hetero) is 1. The second-order valence-electron chi connectivity index (χ2n) is 5.93. The number of fused-ring (bicyclic) bond motifs is 1. The van der Waals surface area contributed by atoms with Crippen LogP contribution in [0.4, 0.5) is 26.3 Å². The summed E-state index contributed by atoms with van der Waals surface area (Å²) in [4.78, 5) is 13.4. The van der Waals surface area contributed by atoms with Crippen LogP contribution < -0.4 is 4.80 Å². The largest absolute Gasteiger partial charge is 0.416 e. The highest BCUT2D eigenvalue weighted by atomic mass is 32.1. The van der Waals surface area contributed by atoms with Crippen molar-refractivity contribution in [3.63, 3.8) is 0 Å². The van der Waals surface area contributed by atoms with Gasteiger partial charge in [-0.25, -0.2) is 0 Å². The molecule has 1 aromatic carbocycles. The maximum atomic E-state index is 12.9. The highest BCUT2D eigenvalue weighted by molar-refractivity contribution is 7.09. The number of hydrogen-bond acceptors (Lipinski definition) is 3. The molecule has 0 saturated carbocycles. The van der Waals surface area contributed by atoms with E-state index < -0.39 is 41.4 Å². The average Bonchev–Trinajstić information content (AvgIpc) is 3.08. The van der Waals surface area contributed by atoms with Crippen molar-refractivity contribution < 1.29 is 31.1 Å². The first-order valence-electron chi connectivity index (χ1n) is 7.55. The van der Waals surface area contributed by atoms with E-state index in [1.807, 2.05) is 0 Å². The van der Waals surface area contributed by atoms with Crippen molar-refractivity contribution in [1.82, 2.24) is 4.57 Å². The van der Waals surface area contributed by atoms with E-state index in [-0.39, 0.29) is 10.9 Å². The van der Waals surface area contributed by atoms with Gasteiger partial charge in [0.25, 0.3) is 0 Å². The van der Waals surface area contributed by atoms with Crippen LogP contribution in [0.5, 0.6) is 0 Å². The lowest BCUT2D eigenvalue weighted by Crippen LogP contribution is -2.22. The second kappa shape index (κ2) is 6.26. The maximum absolute atomic E-state index is 12.9. The Bertz CT molecular complexity index is 890. The number of benzene rings is 1. The molecule has 0 saturated heterocycles. The minimum atomic E-state index is -5.01. The number of carbonyl (C=O) groups is 1. The van der Waals surface area contributed by atoms with Gasteiger partial charge < -0.3 is 4.57 Å². The molecule has 0 radical (unpaired) electrons. The number of nitrogens with zero attached hydrogens (tertiary/aromatic N) is 1. The van der Waals surface area contributed by atoms with Crippen LogP contribution in [-0.4, -0.2) is 10.4 Å². The fourth-order valence-electron chi connectivity index (χ4n) is 2.91. The van der Waals surface area contributed by atoms with E-state index in [1.165, 1.54) is 15.9 Å². The van der Waals surface area contributed by atoms with Crippen molar-refractivity contribution in [1.29, 1.82) is 5.41 Å². The minimum Gasteiger partial charge on any atom is -0.313 e. The summed E-state index contributed by atoms with van der Waals surface area (Å²) in [5.41, 5.74) is -2.96. The summed E-state index contributed by atoms with van der Waals surface area (Å²) in [6, 6.07) is 0.838. The van der Waals surface area contributed by atoms with Gasteiger partial charge in [0.1, 0.15) is 0 Å². The van der Waals surface area contributed by atoms with E-state index >= 15 is 0 Å². The molecule has 0 spiro atoms. The molecule has 1 aromatic heterocycles. The van der Waals surface area contributed by atoms with Crippen molar-refractivity contribution in [2.24, 2.45) is 0 Å². The number of ketones is 1. The molecular weight excluding hydrogens is 382 g/mol. The van der Waals surface area contributed by atoms with Gasteiger partial charge in [-0.05, 0) is 37.5 Å². The number of hydrogen-bond donors (Lipinski definition) is 1. The molecular formula is C16H12F6N2OS. The molecule has 10 heteroatoms. The minimum absolute atomic E-state index is 0.0118. The Kier molecular flexibility index (Phi) is 4.50. The molecule has 0 atom stereocenters. The molecule has 26 heavy (non-hydrogen) atoms.